The van der Waals surface area contributed by atoms with Gasteiger partial charge in [-0.15, -0.1) is 0 Å². The van der Waals surface area contributed by atoms with Crippen LogP contribution in [0, 0.1) is 5.82 Å². The molecule has 8 rings (SSSR count). The molecular weight excluding hydrogens is 760 g/mol. The summed E-state index contributed by atoms with van der Waals surface area (Å²) in [4.78, 5) is 19.0. The second-order valence-corrected chi connectivity index (χ2v) is 15.3. The first-order valence-electron chi connectivity index (χ1n) is 19.2. The van der Waals surface area contributed by atoms with Crippen molar-refractivity contribution in [2.24, 2.45) is 0 Å². The summed E-state index contributed by atoms with van der Waals surface area (Å²) in [6, 6.07) is 30.8. The van der Waals surface area contributed by atoms with E-state index in [1.165, 1.54) is 46.3 Å². The average molecular weight is 809 g/mol. The first-order chi connectivity index (χ1) is 28.0. The zero-order valence-corrected chi connectivity index (χ0v) is 34.4. The van der Waals surface area contributed by atoms with E-state index in [9.17, 15) is 4.39 Å². The number of hydrogen-bond donors (Lipinski definition) is 0. The van der Waals surface area contributed by atoms with Crippen LogP contribution in [0.15, 0.2) is 97.1 Å². The summed E-state index contributed by atoms with van der Waals surface area (Å²) in [5, 5.41) is 1.92. The molecule has 2 aromatic heterocycles. The Morgan fingerprint density at radius 1 is 0.561 bits per heavy atom. The van der Waals surface area contributed by atoms with Crippen LogP contribution < -0.4 is 24.0 Å². The maximum absolute atomic E-state index is 13.1. The van der Waals surface area contributed by atoms with E-state index in [1.807, 2.05) is 42.5 Å². The van der Waals surface area contributed by atoms with Crippen molar-refractivity contribution in [2.75, 3.05) is 96.6 Å². The fraction of sp³-hybridized carbons (Fsp3) is 0.349. The van der Waals surface area contributed by atoms with Gasteiger partial charge >= 0.3 is 0 Å². The van der Waals surface area contributed by atoms with Gasteiger partial charge in [-0.25, -0.2) is 4.39 Å². The van der Waals surface area contributed by atoms with Crippen molar-refractivity contribution in [3.63, 3.8) is 0 Å². The molecule has 0 radical (unpaired) electrons. The Kier molecular flexibility index (Phi) is 13.9. The molecule has 6 aromatic rings. The van der Waals surface area contributed by atoms with Crippen molar-refractivity contribution in [1.82, 2.24) is 28.5 Å². The van der Waals surface area contributed by atoms with Gasteiger partial charge in [-0.3, -0.25) is 9.80 Å². The number of benzene rings is 4. The Morgan fingerprint density at radius 2 is 1.07 bits per heavy atom. The number of nitrogens with zero attached hydrogens (tertiary/aromatic N) is 8. The van der Waals surface area contributed by atoms with Crippen molar-refractivity contribution < 1.29 is 18.6 Å². The third-order valence-electron chi connectivity index (χ3n) is 10.3. The number of piperazine rings is 2. The molecule has 0 spiro atoms. The number of methoxy groups -OCH3 is 3. The Bertz CT molecular complexity index is 2150. The lowest BCUT2D eigenvalue weighted by molar-refractivity contribution is 0.261. The molecule has 0 aliphatic carbocycles. The van der Waals surface area contributed by atoms with Crippen LogP contribution in [0.3, 0.4) is 0 Å². The standard InChI is InChI=1S/C22H26N4O2S.C21H23FN4OS/c1-27-18-7-5-6-17(16-18)10-11-25-12-14-26(15-13-25)22-23-21(24-29-22)19-8-3-4-9-20(19)28-2;1-27-19-4-2-3-16(15-19)9-10-25-11-13-26(14-12-25)21-23-20(24-28-21)17-5-7-18(22)8-6-17/h3-9,16H,10-15H2,1-2H3;2-8,15H,9-14H2,1H3. The lowest BCUT2D eigenvalue weighted by atomic mass is 10.1. The molecule has 0 bridgehead atoms. The summed E-state index contributed by atoms with van der Waals surface area (Å²) >= 11 is 2.87. The fourth-order valence-electron chi connectivity index (χ4n) is 6.90. The first kappa shape index (κ1) is 40.1. The van der Waals surface area contributed by atoms with Gasteiger partial charge in [0.2, 0.25) is 10.3 Å². The van der Waals surface area contributed by atoms with Gasteiger partial charge in [0.05, 0.1) is 26.9 Å². The van der Waals surface area contributed by atoms with E-state index in [4.69, 9.17) is 19.2 Å². The SMILES string of the molecule is COc1cccc(CCN2CCN(c3nc(-c4ccc(F)cc4)ns3)CC2)c1.COc1cccc(CCN2CCN(c3nc(-c4ccccc4OC)ns3)CC2)c1. The predicted molar refractivity (Wildman–Crippen MR) is 228 cm³/mol. The minimum Gasteiger partial charge on any atom is -0.497 e. The molecular formula is C43H49FN8O3S2. The monoisotopic (exact) mass is 808 g/mol. The lowest BCUT2D eigenvalue weighted by Gasteiger charge is -2.34. The topological polar surface area (TPSA) is 92.2 Å². The second-order valence-electron chi connectivity index (χ2n) is 13.9. The van der Waals surface area contributed by atoms with Gasteiger partial charge in [0.15, 0.2) is 11.6 Å². The quantitative estimate of drug-likeness (QED) is 0.118. The molecule has 2 aliphatic heterocycles. The van der Waals surface area contributed by atoms with Gasteiger partial charge in [-0.2, -0.15) is 18.7 Å². The van der Waals surface area contributed by atoms with Crippen molar-refractivity contribution >= 4 is 33.3 Å². The lowest BCUT2D eigenvalue weighted by Crippen LogP contribution is -2.47. The number of hydrogen-bond acceptors (Lipinski definition) is 13. The summed E-state index contributed by atoms with van der Waals surface area (Å²) in [6.07, 6.45) is 2.05. The molecule has 2 saturated heterocycles. The van der Waals surface area contributed by atoms with Gasteiger partial charge < -0.3 is 24.0 Å². The molecule has 2 aliphatic rings. The van der Waals surface area contributed by atoms with Crippen LogP contribution in [0.5, 0.6) is 17.2 Å². The van der Waals surface area contributed by atoms with E-state index in [2.05, 4.69) is 63.7 Å². The van der Waals surface area contributed by atoms with E-state index in [0.717, 1.165) is 123 Å². The van der Waals surface area contributed by atoms with Crippen molar-refractivity contribution in [3.8, 4) is 40.0 Å². The van der Waals surface area contributed by atoms with E-state index >= 15 is 0 Å². The first-order valence-corrected chi connectivity index (χ1v) is 20.8. The van der Waals surface area contributed by atoms with Crippen LogP contribution in [0.1, 0.15) is 11.1 Å². The van der Waals surface area contributed by atoms with E-state index in [0.29, 0.717) is 5.82 Å². The van der Waals surface area contributed by atoms with Crippen LogP contribution in [0.4, 0.5) is 14.7 Å². The average Bonchev–Trinajstić information content (AvgIpc) is 3.98. The molecule has 0 amide bonds. The van der Waals surface area contributed by atoms with Gasteiger partial charge in [-0.05, 0) is 84.6 Å². The number of para-hydroxylation sites is 1. The van der Waals surface area contributed by atoms with Crippen LogP contribution in [-0.2, 0) is 12.8 Å². The third-order valence-corrected chi connectivity index (χ3v) is 11.8. The largest absolute Gasteiger partial charge is 0.497 e. The highest BCUT2D eigenvalue weighted by Gasteiger charge is 2.22. The molecule has 0 unspecified atom stereocenters. The van der Waals surface area contributed by atoms with Gasteiger partial charge in [0.1, 0.15) is 23.1 Å². The van der Waals surface area contributed by atoms with Crippen LogP contribution in [0.25, 0.3) is 22.8 Å². The van der Waals surface area contributed by atoms with Gasteiger partial charge in [0.25, 0.3) is 0 Å². The third kappa shape index (κ3) is 10.8. The summed E-state index contributed by atoms with van der Waals surface area (Å²) < 4.78 is 38.2. The maximum Gasteiger partial charge on any atom is 0.205 e. The zero-order chi connectivity index (χ0) is 39.4. The molecule has 0 N–H and O–H groups in total. The zero-order valence-electron chi connectivity index (χ0n) is 32.7. The molecule has 57 heavy (non-hydrogen) atoms. The number of rotatable bonds is 13. The molecule has 0 atom stereocenters. The number of halogens is 1. The number of aromatic nitrogens is 4. The fourth-order valence-corrected chi connectivity index (χ4v) is 8.37. The number of ether oxygens (including phenoxy) is 3. The molecule has 2 fully saturated rings. The van der Waals surface area contributed by atoms with Crippen LogP contribution >= 0.6 is 23.1 Å². The van der Waals surface area contributed by atoms with Gasteiger partial charge in [-0.1, -0.05) is 36.4 Å². The van der Waals surface area contributed by atoms with Crippen LogP contribution in [-0.4, -0.2) is 115 Å². The molecule has 14 heteroatoms. The Labute approximate surface area is 342 Å². The summed E-state index contributed by atoms with van der Waals surface area (Å²) in [5.74, 6) is 3.80. The molecule has 0 saturated carbocycles. The van der Waals surface area contributed by atoms with E-state index < -0.39 is 0 Å². The normalized spacial score (nSPS) is 14.9. The summed E-state index contributed by atoms with van der Waals surface area (Å²) in [6.45, 7) is 10.0. The van der Waals surface area contributed by atoms with Crippen molar-refractivity contribution in [3.05, 3.63) is 114 Å². The maximum atomic E-state index is 13.1. The molecule has 4 aromatic carbocycles. The van der Waals surface area contributed by atoms with Crippen molar-refractivity contribution in [1.29, 1.82) is 0 Å². The molecule has 4 heterocycles. The summed E-state index contributed by atoms with van der Waals surface area (Å²) in [7, 11) is 5.09. The Balaban J connectivity index is 0.000000174. The minimum absolute atomic E-state index is 0.246. The highest BCUT2D eigenvalue weighted by Crippen LogP contribution is 2.31. The highest BCUT2D eigenvalue weighted by molar-refractivity contribution is 7.10. The smallest absolute Gasteiger partial charge is 0.205 e. The Morgan fingerprint density at radius 3 is 1.60 bits per heavy atom. The second kappa shape index (κ2) is 19.8. The van der Waals surface area contributed by atoms with Crippen molar-refractivity contribution in [2.45, 2.75) is 12.8 Å². The predicted octanol–water partition coefficient (Wildman–Crippen LogP) is 7.30. The highest BCUT2D eigenvalue weighted by atomic mass is 32.1. The molecule has 298 valence electrons. The number of anilines is 2. The van der Waals surface area contributed by atoms with E-state index in [1.54, 1.807) is 33.5 Å². The summed E-state index contributed by atoms with van der Waals surface area (Å²) in [5.41, 5.74) is 4.41. The minimum atomic E-state index is -0.246. The van der Waals surface area contributed by atoms with Crippen LogP contribution in [0.2, 0.25) is 0 Å². The molecule has 11 nitrogen and oxygen atoms in total. The van der Waals surface area contributed by atoms with E-state index in [-0.39, 0.29) is 5.82 Å². The Hall–Kier alpha value is -5.15. The van der Waals surface area contributed by atoms with Gasteiger partial charge in [0, 0.05) is 94.1 Å².